The normalized spacial score (nSPS) is 15.0. The van der Waals surface area contributed by atoms with Gasteiger partial charge in [-0.3, -0.25) is 9.78 Å². The van der Waals surface area contributed by atoms with Crippen LogP contribution in [-0.4, -0.2) is 39.0 Å². The monoisotopic (exact) mass is 310 g/mol. The molecule has 0 bridgehead atoms. The number of hydrogen-bond acceptors (Lipinski definition) is 3. The van der Waals surface area contributed by atoms with Crippen LogP contribution < -0.4 is 0 Å². The number of amides is 1. The molecule has 0 aliphatic heterocycles. The first kappa shape index (κ1) is 15.2. The highest BCUT2D eigenvalue weighted by Gasteiger charge is 2.40. The number of pyridine rings is 1. The van der Waals surface area contributed by atoms with Crippen LogP contribution in [0, 0.1) is 0 Å². The molecule has 23 heavy (non-hydrogen) atoms. The van der Waals surface area contributed by atoms with Gasteiger partial charge in [0.2, 0.25) is 0 Å². The Balaban J connectivity index is 1.88. The standard InChI is InChI=1S/C18H18N2O3/c21-17(14-8-10-19-11-9-14)20(15-6-7-15)16(18(22)23)12-13-4-2-1-3-5-13/h1-5,8-11,15-16H,6-7,12H2,(H,22,23)/t16-/m0/s1. The summed E-state index contributed by atoms with van der Waals surface area (Å²) in [6.07, 6.45) is 5.12. The maximum atomic E-state index is 12.8. The maximum Gasteiger partial charge on any atom is 0.326 e. The third kappa shape index (κ3) is 3.56. The van der Waals surface area contributed by atoms with Gasteiger partial charge in [-0.25, -0.2) is 4.79 Å². The van der Waals surface area contributed by atoms with E-state index in [4.69, 9.17) is 0 Å². The van der Waals surface area contributed by atoms with E-state index in [-0.39, 0.29) is 11.9 Å². The Bertz CT molecular complexity index is 684. The maximum absolute atomic E-state index is 12.8. The zero-order valence-electron chi connectivity index (χ0n) is 12.6. The smallest absolute Gasteiger partial charge is 0.326 e. The second-order valence-electron chi connectivity index (χ2n) is 5.72. The number of carboxylic acid groups (broad SMARTS) is 1. The topological polar surface area (TPSA) is 70.5 Å². The van der Waals surface area contributed by atoms with E-state index in [1.807, 2.05) is 30.3 Å². The molecule has 0 spiro atoms. The van der Waals surface area contributed by atoms with Crippen molar-refractivity contribution in [1.29, 1.82) is 0 Å². The molecule has 1 atom stereocenters. The number of rotatable bonds is 6. The second-order valence-corrected chi connectivity index (χ2v) is 5.72. The van der Waals surface area contributed by atoms with Crippen LogP contribution in [0.2, 0.25) is 0 Å². The molecule has 5 heteroatoms. The number of carbonyl (C=O) groups excluding carboxylic acids is 1. The zero-order valence-corrected chi connectivity index (χ0v) is 12.6. The molecule has 1 N–H and O–H groups in total. The molecule has 0 unspecified atom stereocenters. The zero-order chi connectivity index (χ0) is 16.2. The number of benzene rings is 1. The predicted octanol–water partition coefficient (Wildman–Crippen LogP) is 2.38. The highest BCUT2D eigenvalue weighted by molar-refractivity contribution is 5.97. The third-order valence-electron chi connectivity index (χ3n) is 3.99. The van der Waals surface area contributed by atoms with Gasteiger partial charge in [-0.2, -0.15) is 0 Å². The largest absolute Gasteiger partial charge is 0.480 e. The first-order chi connectivity index (χ1) is 11.2. The summed E-state index contributed by atoms with van der Waals surface area (Å²) in [4.78, 5) is 30.0. The van der Waals surface area contributed by atoms with Crippen molar-refractivity contribution in [3.63, 3.8) is 0 Å². The molecule has 1 fully saturated rings. The van der Waals surface area contributed by atoms with Gasteiger partial charge in [-0.15, -0.1) is 0 Å². The molecule has 3 rings (SSSR count). The molecule has 1 aromatic carbocycles. The van der Waals surface area contributed by atoms with Crippen LogP contribution in [-0.2, 0) is 11.2 Å². The highest BCUT2D eigenvalue weighted by Crippen LogP contribution is 2.31. The summed E-state index contributed by atoms with van der Waals surface area (Å²) in [7, 11) is 0. The van der Waals surface area contributed by atoms with Crippen LogP contribution in [0.3, 0.4) is 0 Å². The molecule has 118 valence electrons. The minimum atomic E-state index is -0.969. The molecular weight excluding hydrogens is 292 g/mol. The average Bonchev–Trinajstić information content (AvgIpc) is 3.40. The van der Waals surface area contributed by atoms with E-state index in [0.717, 1.165) is 18.4 Å². The molecule has 5 nitrogen and oxygen atoms in total. The Labute approximate surface area is 134 Å². The lowest BCUT2D eigenvalue weighted by Gasteiger charge is -2.29. The van der Waals surface area contributed by atoms with Crippen molar-refractivity contribution in [3.8, 4) is 0 Å². The number of nitrogens with zero attached hydrogens (tertiary/aromatic N) is 2. The van der Waals surface area contributed by atoms with Gasteiger partial charge in [0.1, 0.15) is 6.04 Å². The SMILES string of the molecule is O=C(O)[C@H](Cc1ccccc1)N(C(=O)c1ccncc1)C1CC1. The van der Waals surface area contributed by atoms with Gasteiger partial charge < -0.3 is 10.0 Å². The van der Waals surface area contributed by atoms with Crippen LogP contribution in [0.4, 0.5) is 0 Å². The minimum absolute atomic E-state index is 0.0143. The Morgan fingerprint density at radius 3 is 2.35 bits per heavy atom. The molecular formula is C18H18N2O3. The van der Waals surface area contributed by atoms with E-state index in [1.54, 1.807) is 24.5 Å². The predicted molar refractivity (Wildman–Crippen MR) is 85.0 cm³/mol. The lowest BCUT2D eigenvalue weighted by molar-refractivity contribution is -0.142. The Morgan fingerprint density at radius 1 is 1.13 bits per heavy atom. The van der Waals surface area contributed by atoms with Crippen molar-refractivity contribution in [3.05, 3.63) is 66.0 Å². The van der Waals surface area contributed by atoms with E-state index in [9.17, 15) is 14.7 Å². The fourth-order valence-electron chi connectivity index (χ4n) is 2.70. The summed E-state index contributed by atoms with van der Waals surface area (Å²) in [6.45, 7) is 0. The van der Waals surface area contributed by atoms with Gasteiger partial charge in [-0.1, -0.05) is 30.3 Å². The first-order valence-electron chi connectivity index (χ1n) is 7.66. The van der Waals surface area contributed by atoms with Gasteiger partial charge in [-0.05, 0) is 30.5 Å². The first-order valence-corrected chi connectivity index (χ1v) is 7.66. The minimum Gasteiger partial charge on any atom is -0.480 e. The van der Waals surface area contributed by atoms with Crippen molar-refractivity contribution >= 4 is 11.9 Å². The summed E-state index contributed by atoms with van der Waals surface area (Å²) in [5.74, 6) is -1.21. The summed E-state index contributed by atoms with van der Waals surface area (Å²) in [5.41, 5.74) is 1.39. The van der Waals surface area contributed by atoms with Crippen LogP contribution in [0.15, 0.2) is 54.9 Å². The van der Waals surface area contributed by atoms with Crippen LogP contribution in [0.1, 0.15) is 28.8 Å². The molecule has 1 heterocycles. The molecule has 1 aliphatic rings. The van der Waals surface area contributed by atoms with Crippen molar-refractivity contribution in [2.24, 2.45) is 0 Å². The van der Waals surface area contributed by atoms with Crippen LogP contribution in [0.5, 0.6) is 0 Å². The lowest BCUT2D eigenvalue weighted by Crippen LogP contribution is -2.47. The van der Waals surface area contributed by atoms with Crippen LogP contribution in [0.25, 0.3) is 0 Å². The molecule has 0 saturated heterocycles. The van der Waals surface area contributed by atoms with Crippen molar-refractivity contribution < 1.29 is 14.7 Å². The van der Waals surface area contributed by atoms with Gasteiger partial charge >= 0.3 is 5.97 Å². The van der Waals surface area contributed by atoms with Crippen molar-refractivity contribution in [2.75, 3.05) is 0 Å². The van der Waals surface area contributed by atoms with E-state index in [0.29, 0.717) is 12.0 Å². The Hall–Kier alpha value is -2.69. The van der Waals surface area contributed by atoms with Crippen molar-refractivity contribution in [1.82, 2.24) is 9.88 Å². The number of carboxylic acids is 1. The second kappa shape index (κ2) is 6.60. The summed E-state index contributed by atoms with van der Waals surface area (Å²) in [6, 6.07) is 11.8. The highest BCUT2D eigenvalue weighted by atomic mass is 16.4. The number of carbonyl (C=O) groups is 2. The summed E-state index contributed by atoms with van der Waals surface area (Å²) in [5, 5.41) is 9.67. The van der Waals surface area contributed by atoms with E-state index < -0.39 is 12.0 Å². The Kier molecular flexibility index (Phi) is 4.37. The summed E-state index contributed by atoms with van der Waals surface area (Å²) < 4.78 is 0. The number of aromatic nitrogens is 1. The van der Waals surface area contributed by atoms with E-state index in [1.165, 1.54) is 4.90 Å². The van der Waals surface area contributed by atoms with E-state index in [2.05, 4.69) is 4.98 Å². The van der Waals surface area contributed by atoms with Crippen molar-refractivity contribution in [2.45, 2.75) is 31.3 Å². The molecule has 2 aromatic rings. The van der Waals surface area contributed by atoms with Gasteiger partial charge in [0, 0.05) is 30.4 Å². The molecule has 1 saturated carbocycles. The number of aliphatic carboxylic acids is 1. The molecule has 1 amide bonds. The van der Waals surface area contributed by atoms with Gasteiger partial charge in [0.05, 0.1) is 0 Å². The molecule has 1 aromatic heterocycles. The lowest BCUT2D eigenvalue weighted by atomic mass is 10.0. The quantitative estimate of drug-likeness (QED) is 0.889. The summed E-state index contributed by atoms with van der Waals surface area (Å²) >= 11 is 0. The van der Waals surface area contributed by atoms with Gasteiger partial charge in [0.15, 0.2) is 0 Å². The van der Waals surface area contributed by atoms with Gasteiger partial charge in [0.25, 0.3) is 5.91 Å². The fraction of sp³-hybridized carbons (Fsp3) is 0.278. The molecule has 1 aliphatic carbocycles. The third-order valence-corrected chi connectivity index (χ3v) is 3.99. The van der Waals surface area contributed by atoms with E-state index >= 15 is 0 Å². The fourth-order valence-corrected chi connectivity index (χ4v) is 2.70. The average molecular weight is 310 g/mol. The van der Waals surface area contributed by atoms with Crippen LogP contribution >= 0.6 is 0 Å². The number of hydrogen-bond donors (Lipinski definition) is 1. The molecule has 0 radical (unpaired) electrons. The Morgan fingerprint density at radius 2 is 1.78 bits per heavy atom.